The summed E-state index contributed by atoms with van der Waals surface area (Å²) >= 11 is 0. The van der Waals surface area contributed by atoms with Gasteiger partial charge in [-0.05, 0) is 35.5 Å². The molecule has 0 saturated carbocycles. The zero-order chi connectivity index (χ0) is 10.7. The molecule has 0 aromatic heterocycles. The van der Waals surface area contributed by atoms with Crippen LogP contribution in [0, 0.1) is 0 Å². The van der Waals surface area contributed by atoms with Crippen molar-refractivity contribution in [3.05, 3.63) is 48.5 Å². The summed E-state index contributed by atoms with van der Waals surface area (Å²) in [4.78, 5) is 0. The molecule has 0 fully saturated rings. The van der Waals surface area contributed by atoms with E-state index in [1.165, 1.54) is 5.19 Å². The van der Waals surface area contributed by atoms with E-state index in [9.17, 15) is 0 Å². The SMILES string of the molecule is Oc1ccc(Oc2ccccc2[SiH3])cc1. The first-order valence-corrected chi connectivity index (χ1v) is 5.78. The van der Waals surface area contributed by atoms with E-state index in [2.05, 4.69) is 6.07 Å². The molecule has 0 saturated heterocycles. The van der Waals surface area contributed by atoms with Gasteiger partial charge in [-0.25, -0.2) is 0 Å². The second-order valence-corrected chi connectivity index (χ2v) is 4.44. The van der Waals surface area contributed by atoms with Crippen LogP contribution in [-0.2, 0) is 0 Å². The molecule has 0 aliphatic carbocycles. The van der Waals surface area contributed by atoms with Crippen LogP contribution in [0.2, 0.25) is 0 Å². The Balaban J connectivity index is 2.22. The molecule has 0 amide bonds. The summed E-state index contributed by atoms with van der Waals surface area (Å²) in [6.07, 6.45) is 0. The van der Waals surface area contributed by atoms with Crippen molar-refractivity contribution in [3.8, 4) is 17.2 Å². The molecule has 0 spiro atoms. The first-order chi connectivity index (χ1) is 7.25. The first-order valence-electron chi connectivity index (χ1n) is 4.78. The van der Waals surface area contributed by atoms with Gasteiger partial charge in [-0.2, -0.15) is 0 Å². The molecule has 1 N–H and O–H groups in total. The number of rotatable bonds is 2. The number of hydrogen-bond acceptors (Lipinski definition) is 2. The number of hydrogen-bond donors (Lipinski definition) is 1. The van der Waals surface area contributed by atoms with Crippen LogP contribution in [0.1, 0.15) is 0 Å². The highest BCUT2D eigenvalue weighted by Gasteiger charge is 1.99. The fraction of sp³-hybridized carbons (Fsp3) is 0. The van der Waals surface area contributed by atoms with Gasteiger partial charge in [-0.3, -0.25) is 0 Å². The lowest BCUT2D eigenvalue weighted by atomic mass is 10.3. The predicted molar refractivity (Wildman–Crippen MR) is 64.2 cm³/mol. The maximum absolute atomic E-state index is 9.13. The summed E-state index contributed by atoms with van der Waals surface area (Å²) in [6, 6.07) is 14.7. The van der Waals surface area contributed by atoms with Gasteiger partial charge < -0.3 is 9.84 Å². The number of para-hydroxylation sites is 1. The molecular formula is C12H12O2Si. The zero-order valence-electron chi connectivity index (χ0n) is 8.47. The summed E-state index contributed by atoms with van der Waals surface area (Å²) < 4.78 is 5.69. The van der Waals surface area contributed by atoms with Crippen molar-refractivity contribution in [1.29, 1.82) is 0 Å². The highest BCUT2D eigenvalue weighted by Crippen LogP contribution is 2.21. The molecule has 0 radical (unpaired) electrons. The minimum atomic E-state index is 0.251. The van der Waals surface area contributed by atoms with Gasteiger partial charge in [0.2, 0.25) is 0 Å². The van der Waals surface area contributed by atoms with E-state index in [1.54, 1.807) is 24.3 Å². The van der Waals surface area contributed by atoms with E-state index in [-0.39, 0.29) is 5.75 Å². The van der Waals surface area contributed by atoms with Crippen LogP contribution in [0.15, 0.2) is 48.5 Å². The van der Waals surface area contributed by atoms with Crippen molar-refractivity contribution in [1.82, 2.24) is 0 Å². The summed E-state index contributed by atoms with van der Waals surface area (Å²) in [5.74, 6) is 1.90. The van der Waals surface area contributed by atoms with Crippen LogP contribution >= 0.6 is 0 Å². The van der Waals surface area contributed by atoms with Crippen LogP contribution in [0.4, 0.5) is 0 Å². The molecule has 15 heavy (non-hydrogen) atoms. The Labute approximate surface area is 91.6 Å². The lowest BCUT2D eigenvalue weighted by Crippen LogP contribution is -2.05. The minimum absolute atomic E-state index is 0.251. The number of phenolic OH excluding ortho intramolecular Hbond substituents is 1. The first kappa shape index (κ1) is 9.80. The van der Waals surface area contributed by atoms with Crippen LogP contribution < -0.4 is 9.92 Å². The van der Waals surface area contributed by atoms with Crippen molar-refractivity contribution in [2.45, 2.75) is 0 Å². The van der Waals surface area contributed by atoms with Gasteiger partial charge in [0.1, 0.15) is 17.2 Å². The topological polar surface area (TPSA) is 29.5 Å². The molecule has 0 unspecified atom stereocenters. The number of aromatic hydroxyl groups is 1. The van der Waals surface area contributed by atoms with Gasteiger partial charge in [-0.1, -0.05) is 18.2 Å². The standard InChI is InChI=1S/C12H12O2Si/c13-9-5-7-10(8-6-9)14-11-3-1-2-4-12(11)15/h1-8,13H,15H3. The van der Waals surface area contributed by atoms with Gasteiger partial charge in [0.25, 0.3) is 0 Å². The van der Waals surface area contributed by atoms with Crippen molar-refractivity contribution in [3.63, 3.8) is 0 Å². The van der Waals surface area contributed by atoms with Crippen LogP contribution in [0.3, 0.4) is 0 Å². The number of ether oxygens (including phenoxy) is 1. The Kier molecular flexibility index (Phi) is 2.74. The molecule has 0 bridgehead atoms. The average Bonchev–Trinajstić information content (AvgIpc) is 2.25. The van der Waals surface area contributed by atoms with E-state index < -0.39 is 0 Å². The van der Waals surface area contributed by atoms with Crippen molar-refractivity contribution >= 4 is 15.4 Å². The third-order valence-corrected chi connectivity index (χ3v) is 2.98. The Bertz CT molecular complexity index is 451. The van der Waals surface area contributed by atoms with Gasteiger partial charge in [0.15, 0.2) is 0 Å². The summed E-state index contributed by atoms with van der Waals surface area (Å²) in [6.45, 7) is 0. The van der Waals surface area contributed by atoms with Crippen molar-refractivity contribution in [2.24, 2.45) is 0 Å². The second kappa shape index (κ2) is 4.19. The quantitative estimate of drug-likeness (QED) is 0.764. The molecule has 76 valence electrons. The molecule has 2 rings (SSSR count). The van der Waals surface area contributed by atoms with E-state index in [4.69, 9.17) is 9.84 Å². The van der Waals surface area contributed by atoms with Gasteiger partial charge in [0.05, 0.1) is 0 Å². The fourth-order valence-electron chi connectivity index (χ4n) is 1.31. The maximum atomic E-state index is 9.13. The molecule has 2 nitrogen and oxygen atoms in total. The predicted octanol–water partition coefficient (Wildman–Crippen LogP) is 1.18. The van der Waals surface area contributed by atoms with Crippen LogP contribution in [0.25, 0.3) is 0 Å². The smallest absolute Gasteiger partial charge is 0.127 e. The summed E-state index contributed by atoms with van der Waals surface area (Å²) in [5, 5.41) is 10.4. The molecular weight excluding hydrogens is 204 g/mol. The van der Waals surface area contributed by atoms with Crippen LogP contribution in [-0.4, -0.2) is 15.3 Å². The Morgan fingerprint density at radius 2 is 1.60 bits per heavy atom. The van der Waals surface area contributed by atoms with Gasteiger partial charge in [0, 0.05) is 10.2 Å². The highest BCUT2D eigenvalue weighted by molar-refractivity contribution is 6.34. The molecule has 2 aromatic rings. The van der Waals surface area contributed by atoms with Crippen molar-refractivity contribution < 1.29 is 9.84 Å². The maximum Gasteiger partial charge on any atom is 0.127 e. The monoisotopic (exact) mass is 216 g/mol. The largest absolute Gasteiger partial charge is 0.508 e. The third kappa shape index (κ3) is 2.38. The normalized spacial score (nSPS) is 10.1. The minimum Gasteiger partial charge on any atom is -0.508 e. The van der Waals surface area contributed by atoms with Gasteiger partial charge in [-0.15, -0.1) is 0 Å². The van der Waals surface area contributed by atoms with E-state index in [0.717, 1.165) is 21.7 Å². The number of benzene rings is 2. The molecule has 2 aromatic carbocycles. The molecule has 0 heterocycles. The number of phenols is 1. The Hall–Kier alpha value is -1.74. The summed E-state index contributed by atoms with van der Waals surface area (Å²) in [5.41, 5.74) is 0. The Morgan fingerprint density at radius 1 is 0.933 bits per heavy atom. The van der Waals surface area contributed by atoms with Crippen LogP contribution in [0.5, 0.6) is 17.2 Å². The fourth-order valence-corrected chi connectivity index (χ4v) is 1.77. The van der Waals surface area contributed by atoms with Crippen molar-refractivity contribution in [2.75, 3.05) is 0 Å². The molecule has 3 heteroatoms. The summed E-state index contributed by atoms with van der Waals surface area (Å²) in [7, 11) is 0.960. The average molecular weight is 216 g/mol. The zero-order valence-corrected chi connectivity index (χ0v) is 10.5. The molecule has 0 aliphatic rings. The van der Waals surface area contributed by atoms with Gasteiger partial charge >= 0.3 is 0 Å². The third-order valence-electron chi connectivity index (χ3n) is 2.16. The van der Waals surface area contributed by atoms with E-state index >= 15 is 0 Å². The second-order valence-electron chi connectivity index (χ2n) is 3.36. The highest BCUT2D eigenvalue weighted by atomic mass is 28.1. The lowest BCUT2D eigenvalue weighted by Gasteiger charge is -2.07. The molecule has 0 atom stereocenters. The lowest BCUT2D eigenvalue weighted by molar-refractivity contribution is 0.465. The van der Waals surface area contributed by atoms with E-state index in [1.807, 2.05) is 18.2 Å². The molecule has 0 aliphatic heterocycles. The van der Waals surface area contributed by atoms with E-state index in [0.29, 0.717) is 0 Å². The Morgan fingerprint density at radius 3 is 2.27 bits per heavy atom.